The molecular weight excluding hydrogens is 242 g/mol. The van der Waals surface area contributed by atoms with E-state index in [1.54, 1.807) is 24.3 Å². The van der Waals surface area contributed by atoms with E-state index in [0.717, 1.165) is 26.2 Å². The Hall–Kier alpha value is -1.59. The Morgan fingerprint density at radius 1 is 1.58 bits per heavy atom. The van der Waals surface area contributed by atoms with Gasteiger partial charge in [-0.05, 0) is 24.7 Å². The van der Waals surface area contributed by atoms with Crippen molar-refractivity contribution < 1.29 is 9.53 Å². The highest BCUT2D eigenvalue weighted by atomic mass is 16.5. The van der Waals surface area contributed by atoms with Crippen molar-refractivity contribution in [2.75, 3.05) is 38.5 Å². The van der Waals surface area contributed by atoms with Crippen LogP contribution in [-0.4, -0.2) is 49.7 Å². The Kier molecular flexibility index (Phi) is 4.76. The highest BCUT2D eigenvalue weighted by molar-refractivity contribution is 5.94. The number of nitrogens with two attached hydrogens (primary N) is 1. The maximum atomic E-state index is 12.0. The third kappa shape index (κ3) is 3.94. The maximum absolute atomic E-state index is 12.0. The van der Waals surface area contributed by atoms with Gasteiger partial charge in [0.15, 0.2) is 0 Å². The highest BCUT2D eigenvalue weighted by Crippen LogP contribution is 2.07. The topological polar surface area (TPSA) is 67.6 Å². The number of ether oxygens (including phenoxy) is 1. The van der Waals surface area contributed by atoms with Crippen molar-refractivity contribution in [3.63, 3.8) is 0 Å². The molecule has 1 amide bonds. The van der Waals surface area contributed by atoms with E-state index in [-0.39, 0.29) is 12.0 Å². The summed E-state index contributed by atoms with van der Waals surface area (Å²) in [5.41, 5.74) is 6.84. The number of nitrogens with one attached hydrogen (secondary N) is 1. The fourth-order valence-corrected chi connectivity index (χ4v) is 2.18. The molecule has 5 nitrogen and oxygen atoms in total. The van der Waals surface area contributed by atoms with Crippen molar-refractivity contribution >= 4 is 11.6 Å². The number of nitrogens with zero attached hydrogens (tertiary/aromatic N) is 1. The Balaban J connectivity index is 1.83. The number of morpholine rings is 1. The van der Waals surface area contributed by atoms with Crippen LogP contribution in [0.15, 0.2) is 24.3 Å². The number of anilines is 1. The molecule has 1 aliphatic rings. The number of rotatable bonds is 4. The molecule has 0 aliphatic carbocycles. The quantitative estimate of drug-likeness (QED) is 0.786. The summed E-state index contributed by atoms with van der Waals surface area (Å²) in [5.74, 6) is -0.107. The van der Waals surface area contributed by atoms with Gasteiger partial charge in [-0.25, -0.2) is 0 Å². The first-order valence-electron chi connectivity index (χ1n) is 6.66. The first-order valence-corrected chi connectivity index (χ1v) is 6.66. The van der Waals surface area contributed by atoms with Crippen LogP contribution in [0, 0.1) is 0 Å². The zero-order chi connectivity index (χ0) is 13.7. The Labute approximate surface area is 113 Å². The molecule has 1 heterocycles. The molecule has 1 unspecified atom stereocenters. The lowest BCUT2D eigenvalue weighted by Crippen LogP contribution is -2.47. The number of likely N-dealkylation sites (N-methyl/N-ethyl adjacent to an activating group) is 1. The van der Waals surface area contributed by atoms with E-state index in [0.29, 0.717) is 17.8 Å². The van der Waals surface area contributed by atoms with Crippen molar-refractivity contribution in [1.82, 2.24) is 10.2 Å². The zero-order valence-electron chi connectivity index (χ0n) is 11.3. The lowest BCUT2D eigenvalue weighted by atomic mass is 10.2. The number of carbonyl (C=O) groups is 1. The minimum atomic E-state index is -0.107. The van der Waals surface area contributed by atoms with Crippen LogP contribution in [0.5, 0.6) is 0 Å². The Morgan fingerprint density at radius 2 is 2.42 bits per heavy atom. The summed E-state index contributed by atoms with van der Waals surface area (Å²) in [7, 11) is 0. The van der Waals surface area contributed by atoms with Gasteiger partial charge >= 0.3 is 0 Å². The molecule has 1 atom stereocenters. The summed E-state index contributed by atoms with van der Waals surface area (Å²) in [5, 5.41) is 2.89. The number of hydrogen-bond donors (Lipinski definition) is 2. The van der Waals surface area contributed by atoms with Crippen LogP contribution in [0.1, 0.15) is 17.3 Å². The van der Waals surface area contributed by atoms with Gasteiger partial charge in [-0.2, -0.15) is 0 Å². The second kappa shape index (κ2) is 6.54. The summed E-state index contributed by atoms with van der Waals surface area (Å²) < 4.78 is 5.64. The number of benzene rings is 1. The van der Waals surface area contributed by atoms with Gasteiger partial charge in [0.1, 0.15) is 0 Å². The van der Waals surface area contributed by atoms with Crippen LogP contribution >= 0.6 is 0 Å². The van der Waals surface area contributed by atoms with Crippen molar-refractivity contribution in [3.8, 4) is 0 Å². The molecule has 0 aromatic heterocycles. The number of hydrogen-bond acceptors (Lipinski definition) is 4. The molecule has 0 bridgehead atoms. The molecule has 0 radical (unpaired) electrons. The molecule has 1 saturated heterocycles. The van der Waals surface area contributed by atoms with Crippen LogP contribution < -0.4 is 11.1 Å². The van der Waals surface area contributed by atoms with E-state index in [4.69, 9.17) is 10.5 Å². The number of amides is 1. The monoisotopic (exact) mass is 263 g/mol. The molecule has 1 aromatic carbocycles. The van der Waals surface area contributed by atoms with Crippen LogP contribution in [-0.2, 0) is 4.74 Å². The van der Waals surface area contributed by atoms with Gasteiger partial charge in [-0.1, -0.05) is 13.0 Å². The lowest BCUT2D eigenvalue weighted by molar-refractivity contribution is -0.0246. The molecule has 0 spiro atoms. The molecule has 19 heavy (non-hydrogen) atoms. The molecular formula is C14H21N3O2. The summed E-state index contributed by atoms with van der Waals surface area (Å²) in [4.78, 5) is 14.3. The predicted octanol–water partition coefficient (Wildman–Crippen LogP) is 0.719. The zero-order valence-corrected chi connectivity index (χ0v) is 11.3. The van der Waals surface area contributed by atoms with Crippen LogP contribution in [0.25, 0.3) is 0 Å². The molecule has 104 valence electrons. The van der Waals surface area contributed by atoms with Crippen molar-refractivity contribution in [3.05, 3.63) is 29.8 Å². The first-order chi connectivity index (χ1) is 9.19. The van der Waals surface area contributed by atoms with E-state index >= 15 is 0 Å². The lowest BCUT2D eigenvalue weighted by Gasteiger charge is -2.32. The van der Waals surface area contributed by atoms with E-state index < -0.39 is 0 Å². The van der Waals surface area contributed by atoms with Crippen molar-refractivity contribution in [1.29, 1.82) is 0 Å². The molecule has 0 saturated carbocycles. The fraction of sp³-hybridized carbons (Fsp3) is 0.500. The summed E-state index contributed by atoms with van der Waals surface area (Å²) in [6.07, 6.45) is 0.0682. The van der Waals surface area contributed by atoms with Crippen molar-refractivity contribution in [2.24, 2.45) is 0 Å². The van der Waals surface area contributed by atoms with Crippen molar-refractivity contribution in [2.45, 2.75) is 13.0 Å². The van der Waals surface area contributed by atoms with Crippen LogP contribution in [0.4, 0.5) is 5.69 Å². The Morgan fingerprint density at radius 3 is 3.16 bits per heavy atom. The molecule has 5 heteroatoms. The molecule has 1 aliphatic heterocycles. The van der Waals surface area contributed by atoms with Gasteiger partial charge in [0.25, 0.3) is 5.91 Å². The predicted molar refractivity (Wildman–Crippen MR) is 75.0 cm³/mol. The van der Waals surface area contributed by atoms with Crippen LogP contribution in [0.3, 0.4) is 0 Å². The fourth-order valence-electron chi connectivity index (χ4n) is 2.18. The van der Waals surface area contributed by atoms with Gasteiger partial charge < -0.3 is 15.8 Å². The smallest absolute Gasteiger partial charge is 0.251 e. The summed E-state index contributed by atoms with van der Waals surface area (Å²) >= 11 is 0. The van der Waals surface area contributed by atoms with E-state index in [9.17, 15) is 4.79 Å². The normalized spacial score (nSPS) is 20.2. The summed E-state index contributed by atoms with van der Waals surface area (Å²) in [6.45, 7) is 6.25. The highest BCUT2D eigenvalue weighted by Gasteiger charge is 2.19. The van der Waals surface area contributed by atoms with E-state index in [2.05, 4.69) is 17.1 Å². The van der Waals surface area contributed by atoms with Gasteiger partial charge in [0, 0.05) is 30.9 Å². The maximum Gasteiger partial charge on any atom is 0.251 e. The third-order valence-electron chi connectivity index (χ3n) is 3.31. The average molecular weight is 263 g/mol. The van der Waals surface area contributed by atoms with Crippen LogP contribution in [0.2, 0.25) is 0 Å². The van der Waals surface area contributed by atoms with Gasteiger partial charge in [-0.3, -0.25) is 9.69 Å². The second-order valence-electron chi connectivity index (χ2n) is 4.72. The van der Waals surface area contributed by atoms with Gasteiger partial charge in [0.2, 0.25) is 0 Å². The third-order valence-corrected chi connectivity index (χ3v) is 3.31. The minimum absolute atomic E-state index is 0.0682. The molecule has 1 aromatic rings. The largest absolute Gasteiger partial charge is 0.399 e. The SMILES string of the molecule is CCN1CCOC(CNC(=O)c2cccc(N)c2)C1. The number of carbonyl (C=O) groups excluding carboxylic acids is 1. The molecule has 1 fully saturated rings. The molecule has 2 rings (SSSR count). The average Bonchev–Trinajstić information content (AvgIpc) is 2.45. The first kappa shape index (κ1) is 13.8. The molecule has 3 N–H and O–H groups in total. The Bertz CT molecular complexity index is 436. The van der Waals surface area contributed by atoms with E-state index in [1.165, 1.54) is 0 Å². The van der Waals surface area contributed by atoms with Gasteiger partial charge in [-0.15, -0.1) is 0 Å². The standard InChI is InChI=1S/C14H21N3O2/c1-2-17-6-7-19-13(10-17)9-16-14(18)11-4-3-5-12(15)8-11/h3-5,8,13H,2,6-7,9-10,15H2,1H3,(H,16,18). The minimum Gasteiger partial charge on any atom is -0.399 e. The van der Waals surface area contributed by atoms with E-state index in [1.807, 2.05) is 0 Å². The summed E-state index contributed by atoms with van der Waals surface area (Å²) in [6, 6.07) is 6.97. The second-order valence-corrected chi connectivity index (χ2v) is 4.72. The van der Waals surface area contributed by atoms with Gasteiger partial charge in [0.05, 0.1) is 12.7 Å². The number of nitrogen functional groups attached to an aromatic ring is 1.